The van der Waals surface area contributed by atoms with Crippen LogP contribution in [-0.2, 0) is 7.05 Å². The number of hydrogen-bond donors (Lipinski definition) is 1. The highest BCUT2D eigenvalue weighted by molar-refractivity contribution is 7.99. The van der Waals surface area contributed by atoms with Gasteiger partial charge in [-0.15, -0.1) is 0 Å². The van der Waals surface area contributed by atoms with Crippen LogP contribution in [0, 0.1) is 0 Å². The van der Waals surface area contributed by atoms with Crippen LogP contribution in [0.1, 0.15) is 25.7 Å². The van der Waals surface area contributed by atoms with Crippen molar-refractivity contribution >= 4 is 11.8 Å². The molecule has 0 amide bonds. The van der Waals surface area contributed by atoms with E-state index < -0.39 is 5.60 Å². The van der Waals surface area contributed by atoms with Crippen LogP contribution < -0.4 is 0 Å². The highest BCUT2D eigenvalue weighted by Gasteiger charge is 2.31. The Morgan fingerprint density at radius 2 is 2.29 bits per heavy atom. The maximum Gasteiger partial charge on any atom is 0.185 e. The Kier molecular flexibility index (Phi) is 2.78. The minimum absolute atomic E-state index is 0.462. The number of aromatic nitrogens is 3. The predicted octanol–water partition coefficient (Wildman–Crippen LogP) is 1.21. The summed E-state index contributed by atoms with van der Waals surface area (Å²) in [7, 11) is 1.87. The minimum Gasteiger partial charge on any atom is -0.389 e. The number of aliphatic hydroxyl groups is 1. The summed E-state index contributed by atoms with van der Waals surface area (Å²) in [6.07, 6.45) is 5.70. The van der Waals surface area contributed by atoms with Crippen LogP contribution in [0.2, 0.25) is 0 Å². The number of thioether (sulfide) groups is 1. The highest BCUT2D eigenvalue weighted by atomic mass is 32.2. The molecular weight excluding hydrogens is 198 g/mol. The van der Waals surface area contributed by atoms with E-state index in [-0.39, 0.29) is 0 Å². The zero-order valence-corrected chi connectivity index (χ0v) is 9.13. The third kappa shape index (κ3) is 2.09. The second-order valence-electron chi connectivity index (χ2n) is 3.89. The Balaban J connectivity index is 1.91. The van der Waals surface area contributed by atoms with Crippen molar-refractivity contribution < 1.29 is 5.11 Å². The van der Waals surface area contributed by atoms with Crippen molar-refractivity contribution in [3.05, 3.63) is 6.33 Å². The van der Waals surface area contributed by atoms with Gasteiger partial charge in [-0.1, -0.05) is 24.6 Å². The SMILES string of the molecule is Cn1ncnc1SCC1(O)CCCC1. The topological polar surface area (TPSA) is 50.9 Å². The average Bonchev–Trinajstić information content (AvgIpc) is 2.73. The van der Waals surface area contributed by atoms with Crippen molar-refractivity contribution in [2.45, 2.75) is 36.4 Å². The lowest BCUT2D eigenvalue weighted by atomic mass is 10.1. The van der Waals surface area contributed by atoms with Crippen LogP contribution >= 0.6 is 11.8 Å². The van der Waals surface area contributed by atoms with E-state index in [0.717, 1.165) is 36.6 Å². The third-order valence-corrected chi connectivity index (χ3v) is 3.98. The van der Waals surface area contributed by atoms with Gasteiger partial charge in [-0.3, -0.25) is 0 Å². The molecule has 1 saturated carbocycles. The molecule has 0 bridgehead atoms. The Morgan fingerprint density at radius 1 is 1.57 bits per heavy atom. The molecule has 2 rings (SSSR count). The maximum absolute atomic E-state index is 10.1. The van der Waals surface area contributed by atoms with E-state index in [0.29, 0.717) is 0 Å². The Morgan fingerprint density at radius 3 is 2.86 bits per heavy atom. The Bertz CT molecular complexity index is 307. The smallest absolute Gasteiger partial charge is 0.185 e. The molecule has 14 heavy (non-hydrogen) atoms. The molecule has 0 atom stereocenters. The molecule has 78 valence electrons. The zero-order chi connectivity index (χ0) is 10.0. The van der Waals surface area contributed by atoms with E-state index >= 15 is 0 Å². The average molecular weight is 213 g/mol. The highest BCUT2D eigenvalue weighted by Crippen LogP contribution is 2.33. The molecule has 1 aromatic rings. The first-order chi connectivity index (χ1) is 6.70. The van der Waals surface area contributed by atoms with E-state index in [2.05, 4.69) is 10.1 Å². The number of hydrogen-bond acceptors (Lipinski definition) is 4. The maximum atomic E-state index is 10.1. The molecule has 1 aliphatic carbocycles. The molecule has 0 unspecified atom stereocenters. The summed E-state index contributed by atoms with van der Waals surface area (Å²) in [6.45, 7) is 0. The lowest BCUT2D eigenvalue weighted by Gasteiger charge is -2.20. The van der Waals surface area contributed by atoms with Gasteiger partial charge in [0.05, 0.1) is 5.60 Å². The van der Waals surface area contributed by atoms with Crippen LogP contribution in [-0.4, -0.2) is 31.2 Å². The number of nitrogens with zero attached hydrogens (tertiary/aromatic N) is 3. The standard InChI is InChI=1S/C9H15N3OS/c1-12-8(10-7-11-12)14-6-9(13)4-2-3-5-9/h7,13H,2-6H2,1H3. The molecule has 1 heterocycles. The van der Waals surface area contributed by atoms with Crippen molar-refractivity contribution in [3.63, 3.8) is 0 Å². The summed E-state index contributed by atoms with van der Waals surface area (Å²) in [5.74, 6) is 0.736. The summed E-state index contributed by atoms with van der Waals surface area (Å²) in [5.41, 5.74) is -0.462. The minimum atomic E-state index is -0.462. The van der Waals surface area contributed by atoms with Crippen LogP contribution in [0.15, 0.2) is 11.5 Å². The van der Waals surface area contributed by atoms with Gasteiger partial charge in [0.2, 0.25) is 0 Å². The van der Waals surface area contributed by atoms with Crippen molar-refractivity contribution in [2.75, 3.05) is 5.75 Å². The number of aryl methyl sites for hydroxylation is 1. The second-order valence-corrected chi connectivity index (χ2v) is 4.83. The van der Waals surface area contributed by atoms with Gasteiger partial charge in [0, 0.05) is 12.8 Å². The van der Waals surface area contributed by atoms with Gasteiger partial charge in [-0.25, -0.2) is 9.67 Å². The molecule has 5 heteroatoms. The largest absolute Gasteiger partial charge is 0.389 e. The van der Waals surface area contributed by atoms with Gasteiger partial charge in [-0.2, -0.15) is 5.10 Å². The third-order valence-electron chi connectivity index (χ3n) is 2.67. The Labute approximate surface area is 87.7 Å². The van der Waals surface area contributed by atoms with Gasteiger partial charge in [0.15, 0.2) is 5.16 Å². The molecule has 0 saturated heterocycles. The van der Waals surface area contributed by atoms with Gasteiger partial charge >= 0.3 is 0 Å². The fraction of sp³-hybridized carbons (Fsp3) is 0.778. The van der Waals surface area contributed by atoms with Crippen LogP contribution in [0.5, 0.6) is 0 Å². The van der Waals surface area contributed by atoms with Crippen molar-refractivity contribution in [1.29, 1.82) is 0 Å². The molecule has 1 aromatic heterocycles. The molecule has 0 aliphatic heterocycles. The molecule has 1 aliphatic rings. The summed E-state index contributed by atoms with van der Waals surface area (Å²) in [6, 6.07) is 0. The first kappa shape index (κ1) is 9.98. The number of rotatable bonds is 3. The quantitative estimate of drug-likeness (QED) is 0.767. The molecule has 0 spiro atoms. The van der Waals surface area contributed by atoms with Crippen LogP contribution in [0.25, 0.3) is 0 Å². The summed E-state index contributed by atoms with van der Waals surface area (Å²) in [5, 5.41) is 15.0. The van der Waals surface area contributed by atoms with E-state index in [1.165, 1.54) is 0 Å². The van der Waals surface area contributed by atoms with E-state index in [1.807, 2.05) is 7.05 Å². The zero-order valence-electron chi connectivity index (χ0n) is 8.31. The monoisotopic (exact) mass is 213 g/mol. The van der Waals surface area contributed by atoms with E-state index in [4.69, 9.17) is 0 Å². The van der Waals surface area contributed by atoms with Gasteiger partial charge in [0.25, 0.3) is 0 Å². The lowest BCUT2D eigenvalue weighted by molar-refractivity contribution is 0.0732. The van der Waals surface area contributed by atoms with Crippen molar-refractivity contribution in [2.24, 2.45) is 7.05 Å². The molecule has 1 N–H and O–H groups in total. The van der Waals surface area contributed by atoms with Crippen LogP contribution in [0.3, 0.4) is 0 Å². The first-order valence-electron chi connectivity index (χ1n) is 4.89. The predicted molar refractivity (Wildman–Crippen MR) is 55.1 cm³/mol. The van der Waals surface area contributed by atoms with Crippen molar-refractivity contribution in [1.82, 2.24) is 14.8 Å². The molecule has 0 radical (unpaired) electrons. The fourth-order valence-corrected chi connectivity index (χ4v) is 2.83. The van der Waals surface area contributed by atoms with Gasteiger partial charge in [-0.05, 0) is 12.8 Å². The van der Waals surface area contributed by atoms with Gasteiger partial charge < -0.3 is 5.11 Å². The first-order valence-corrected chi connectivity index (χ1v) is 5.87. The van der Waals surface area contributed by atoms with Crippen LogP contribution in [0.4, 0.5) is 0 Å². The van der Waals surface area contributed by atoms with Crippen molar-refractivity contribution in [3.8, 4) is 0 Å². The van der Waals surface area contributed by atoms with Gasteiger partial charge in [0.1, 0.15) is 6.33 Å². The lowest BCUT2D eigenvalue weighted by Crippen LogP contribution is -2.27. The molecule has 4 nitrogen and oxygen atoms in total. The fourth-order valence-electron chi connectivity index (χ4n) is 1.79. The summed E-state index contributed by atoms with van der Waals surface area (Å²) >= 11 is 1.59. The molecular formula is C9H15N3OS. The van der Waals surface area contributed by atoms with E-state index in [9.17, 15) is 5.11 Å². The molecule has 0 aromatic carbocycles. The summed E-state index contributed by atoms with van der Waals surface area (Å²) in [4.78, 5) is 4.11. The summed E-state index contributed by atoms with van der Waals surface area (Å²) < 4.78 is 1.74. The Hall–Kier alpha value is -0.550. The second kappa shape index (κ2) is 3.90. The van der Waals surface area contributed by atoms with E-state index in [1.54, 1.807) is 22.8 Å². The normalized spacial score (nSPS) is 20.1. The molecule has 1 fully saturated rings.